The summed E-state index contributed by atoms with van der Waals surface area (Å²) in [5.41, 5.74) is 11.1. The number of halogens is 2. The van der Waals surface area contributed by atoms with Gasteiger partial charge in [-0.15, -0.1) is 0 Å². The Morgan fingerprint density at radius 2 is 1.11 bits per heavy atom. The first-order valence-corrected chi connectivity index (χ1v) is 5.72. The number of carbonyl (C=O) groups is 2. The van der Waals surface area contributed by atoms with Gasteiger partial charge < -0.3 is 21.1 Å². The maximum Gasteiger partial charge on any atom is 0.0344 e. The van der Waals surface area contributed by atoms with Crippen LogP contribution in [0.1, 0.15) is 0 Å². The van der Waals surface area contributed by atoms with Crippen LogP contribution in [0, 0.1) is 0 Å². The topological polar surface area (TPSA) is 81.7 Å². The van der Waals surface area contributed by atoms with Gasteiger partial charge in [0, 0.05) is 12.8 Å². The Bertz CT molecular complexity index is 49.8. The van der Waals surface area contributed by atoms with Gasteiger partial charge >= 0.3 is 35.6 Å². The van der Waals surface area contributed by atoms with Crippen LogP contribution >= 0.6 is 18.6 Å². The van der Waals surface area contributed by atoms with Gasteiger partial charge in [-0.05, 0) is 0 Å². The summed E-state index contributed by atoms with van der Waals surface area (Å²) in [5.74, 6) is 0. The molecule has 2 amide bonds. The summed E-state index contributed by atoms with van der Waals surface area (Å²) >= 11 is -0.556. The van der Waals surface area contributed by atoms with E-state index in [0.717, 1.165) is 0 Å². The van der Waals surface area contributed by atoms with Crippen LogP contribution in [0.25, 0.3) is 11.5 Å². The van der Waals surface area contributed by atoms with Crippen LogP contribution in [0.2, 0.25) is 0 Å². The molecule has 0 aromatic carbocycles. The van der Waals surface area contributed by atoms with E-state index >= 15 is 0 Å². The molecule has 0 aromatic rings. The van der Waals surface area contributed by atoms with Crippen molar-refractivity contribution in [1.82, 2.24) is 0 Å². The second kappa shape index (κ2) is 41.2. The van der Waals surface area contributed by atoms with Gasteiger partial charge in [-0.1, -0.05) is 0 Å². The van der Waals surface area contributed by atoms with E-state index in [0.29, 0.717) is 0 Å². The Labute approximate surface area is 69.5 Å². The Kier molecular flexibility index (Phi) is 73.7. The maximum atomic E-state index is 8.47. The Morgan fingerprint density at radius 3 is 1.11 bits per heavy atom. The zero-order chi connectivity index (χ0) is 8.12. The van der Waals surface area contributed by atoms with Crippen LogP contribution in [0.15, 0.2) is 0 Å². The summed E-state index contributed by atoms with van der Waals surface area (Å²) in [6.45, 7) is 0. The third-order valence-electron chi connectivity index (χ3n) is 0. The van der Waals surface area contributed by atoms with Crippen LogP contribution in [-0.2, 0) is 26.6 Å². The predicted molar refractivity (Wildman–Crippen MR) is 32.5 cm³/mol. The van der Waals surface area contributed by atoms with Gasteiger partial charge in [0.05, 0.1) is 0 Å². The van der Waals surface area contributed by atoms with Crippen molar-refractivity contribution in [1.29, 1.82) is 0 Å². The number of nitrogens with one attached hydrogen (secondary N) is 2. The molecule has 0 bridgehead atoms. The molecule has 9 heavy (non-hydrogen) atoms. The number of amides is 2. The minimum atomic E-state index is -0.556. The summed E-state index contributed by atoms with van der Waals surface area (Å²) in [5, 5.41) is 0. The molecule has 0 radical (unpaired) electrons. The van der Waals surface area contributed by atoms with Crippen molar-refractivity contribution in [3.05, 3.63) is 11.5 Å². The molecule has 0 rings (SSSR count). The minimum Gasteiger partial charge on any atom is -0.671 e. The number of hydrogen-bond donors (Lipinski definition) is 0. The molecule has 0 fully saturated rings. The van der Waals surface area contributed by atoms with E-state index < -0.39 is 17.0 Å². The molecule has 0 saturated carbocycles. The van der Waals surface area contributed by atoms with E-state index in [9.17, 15) is 0 Å². The molecule has 0 spiro atoms. The van der Waals surface area contributed by atoms with Gasteiger partial charge in [0.2, 0.25) is 0 Å². The van der Waals surface area contributed by atoms with E-state index in [4.69, 9.17) is 39.7 Å². The third-order valence-corrected chi connectivity index (χ3v) is 0. The van der Waals surface area contributed by atoms with Gasteiger partial charge in [0.15, 0.2) is 0 Å². The van der Waals surface area contributed by atoms with Crippen LogP contribution in [0.4, 0.5) is 0 Å². The fourth-order valence-corrected chi connectivity index (χ4v) is 0. The zero-order valence-electron chi connectivity index (χ0n) is 4.23. The van der Waals surface area contributed by atoms with Crippen LogP contribution < -0.4 is 0 Å². The van der Waals surface area contributed by atoms with Gasteiger partial charge in [0.25, 0.3) is 0 Å². The van der Waals surface area contributed by atoms with Crippen LogP contribution in [0.3, 0.4) is 0 Å². The van der Waals surface area contributed by atoms with E-state index in [1.165, 1.54) is 0 Å². The minimum absolute atomic E-state index is 0. The largest absolute Gasteiger partial charge is 0.671 e. The third kappa shape index (κ3) is 5830. The average Bonchev–Trinajstić information content (AvgIpc) is 1.70. The molecule has 0 atom stereocenters. The zero-order valence-corrected chi connectivity index (χ0v) is 7.30. The van der Waals surface area contributed by atoms with Crippen molar-refractivity contribution in [3.63, 3.8) is 0 Å². The number of carbonyl (C=O) groups excluding carboxylic acids is 2. The molecule has 0 aromatic heterocycles. The van der Waals surface area contributed by atoms with E-state index in [1.54, 1.807) is 0 Å². The smallest absolute Gasteiger partial charge is 0.0344 e. The van der Waals surface area contributed by atoms with Crippen molar-refractivity contribution >= 4 is 31.4 Å². The molecule has 0 saturated heterocycles. The fourth-order valence-electron chi connectivity index (χ4n) is 0. The Hall–Kier alpha value is 0.234. The second-order valence-corrected chi connectivity index (χ2v) is 2.89. The molecular formula is C2H4Cl2N2O2Ti-2. The summed E-state index contributed by atoms with van der Waals surface area (Å²) < 4.78 is 0. The van der Waals surface area contributed by atoms with E-state index in [-0.39, 0.29) is 12.8 Å². The van der Waals surface area contributed by atoms with Gasteiger partial charge in [-0.3, -0.25) is 0 Å². The molecule has 0 aliphatic carbocycles. The first kappa shape index (κ1) is 16.1. The molecule has 0 unspecified atom stereocenters. The van der Waals surface area contributed by atoms with Crippen LogP contribution in [0.5, 0.6) is 0 Å². The van der Waals surface area contributed by atoms with Gasteiger partial charge in [-0.2, -0.15) is 0 Å². The van der Waals surface area contributed by atoms with Crippen molar-refractivity contribution in [2.45, 2.75) is 0 Å². The summed E-state index contributed by atoms with van der Waals surface area (Å²) in [4.78, 5) is 16.9. The molecule has 4 nitrogen and oxygen atoms in total. The van der Waals surface area contributed by atoms with Crippen molar-refractivity contribution in [2.75, 3.05) is 0 Å². The first-order valence-electron chi connectivity index (χ1n) is 1.43. The van der Waals surface area contributed by atoms with Gasteiger partial charge in [0.1, 0.15) is 0 Å². The standard InChI is InChI=1S/2CH3NO.2ClH.Ti/c2*2-1-3;;;/h2*1H,(H2,2,3);2*1H;/q;;;;+2/p-4. The predicted octanol–water partition coefficient (Wildman–Crippen LogP) is 1.77. The van der Waals surface area contributed by atoms with Crippen molar-refractivity contribution < 1.29 is 26.6 Å². The molecule has 0 aliphatic heterocycles. The Morgan fingerprint density at radius 1 is 1.11 bits per heavy atom. The summed E-state index contributed by atoms with van der Waals surface area (Å²) in [6, 6.07) is 0. The molecular weight excluding hydrogens is 203 g/mol. The Balaban J connectivity index is -0.0000000600. The average molecular weight is 207 g/mol. The van der Waals surface area contributed by atoms with E-state index in [1.807, 2.05) is 0 Å². The normalized spacial score (nSPS) is 4.22. The molecule has 0 aliphatic rings. The summed E-state index contributed by atoms with van der Waals surface area (Å²) in [7, 11) is 9.78. The van der Waals surface area contributed by atoms with E-state index in [2.05, 4.69) is 0 Å². The number of rotatable bonds is 0. The quantitative estimate of drug-likeness (QED) is 0.447. The molecule has 0 heterocycles. The molecule has 7 heteroatoms. The van der Waals surface area contributed by atoms with Crippen LogP contribution in [-0.4, -0.2) is 12.8 Å². The van der Waals surface area contributed by atoms with Gasteiger partial charge in [-0.25, -0.2) is 0 Å². The van der Waals surface area contributed by atoms with Crippen molar-refractivity contribution in [2.24, 2.45) is 0 Å². The SMILES string of the molecule is [Cl][Ti][Cl].[NH-]C=O.[NH-]C=O. The van der Waals surface area contributed by atoms with Crippen molar-refractivity contribution in [3.8, 4) is 0 Å². The molecule has 54 valence electrons. The first-order chi connectivity index (χ1) is 4.24. The molecule has 2 N–H and O–H groups in total. The number of hydrogen-bond acceptors (Lipinski definition) is 2. The monoisotopic (exact) mass is 206 g/mol. The summed E-state index contributed by atoms with van der Waals surface area (Å²) in [6.07, 6.45) is 0. The fraction of sp³-hybridized carbons (Fsp3) is 0. The second-order valence-electron chi connectivity index (χ2n) is 0.307. The maximum absolute atomic E-state index is 8.47.